The van der Waals surface area contributed by atoms with E-state index in [-0.39, 0.29) is 11.9 Å². The molecule has 0 saturated carbocycles. The van der Waals surface area contributed by atoms with Gasteiger partial charge in [-0.25, -0.2) is 0 Å². The Morgan fingerprint density at radius 2 is 1.85 bits per heavy atom. The maximum atomic E-state index is 13.5. The molecule has 3 aromatic rings. The van der Waals surface area contributed by atoms with Crippen molar-refractivity contribution in [2.75, 3.05) is 76.5 Å². The Balaban J connectivity index is 1.16. The molecule has 3 N–H and O–H groups in total. The third-order valence-corrected chi connectivity index (χ3v) is 7.83. The van der Waals surface area contributed by atoms with Crippen molar-refractivity contribution in [1.29, 1.82) is 5.26 Å². The minimum atomic E-state index is -0.0730. The average Bonchev–Trinajstić information content (AvgIpc) is 3.62. The first-order chi connectivity index (χ1) is 19.7. The topological polar surface area (TPSA) is 150 Å². The van der Waals surface area contributed by atoms with Gasteiger partial charge in [-0.05, 0) is 18.6 Å². The van der Waals surface area contributed by atoms with Crippen LogP contribution in [0.1, 0.15) is 22.3 Å². The van der Waals surface area contributed by atoms with E-state index in [0.717, 1.165) is 32.7 Å². The van der Waals surface area contributed by atoms with Gasteiger partial charge in [0.1, 0.15) is 30.7 Å². The lowest BCUT2D eigenvalue weighted by Gasteiger charge is -2.42. The summed E-state index contributed by atoms with van der Waals surface area (Å²) in [6, 6.07) is 6.31. The second kappa shape index (κ2) is 10.5. The van der Waals surface area contributed by atoms with Gasteiger partial charge in [-0.1, -0.05) is 0 Å². The highest BCUT2D eigenvalue weighted by Gasteiger charge is 2.33. The van der Waals surface area contributed by atoms with Crippen LogP contribution in [0.2, 0.25) is 0 Å². The zero-order valence-corrected chi connectivity index (χ0v) is 21.9. The van der Waals surface area contributed by atoms with Crippen molar-refractivity contribution in [3.8, 4) is 17.6 Å². The Kier molecular flexibility index (Phi) is 6.51. The SMILES string of the molecule is N#Cc1c[nH]c2nc(Nc3ccc(C(=O)N4CCN(C5COC5)CC4)c4c3OCCO4)nc(N[C@H]3CCOC3)c12. The summed E-state index contributed by atoms with van der Waals surface area (Å²) in [6.07, 6.45) is 2.47. The van der Waals surface area contributed by atoms with Gasteiger partial charge in [0.2, 0.25) is 5.95 Å². The molecule has 3 saturated heterocycles. The number of fused-ring (bicyclic) bond motifs is 2. The number of hydrogen-bond donors (Lipinski definition) is 3. The number of aromatic nitrogens is 3. The minimum absolute atomic E-state index is 0.0730. The molecule has 2 aromatic heterocycles. The molecule has 1 atom stereocenters. The number of benzene rings is 1. The summed E-state index contributed by atoms with van der Waals surface area (Å²) in [6.45, 7) is 6.46. The van der Waals surface area contributed by atoms with E-state index in [9.17, 15) is 10.1 Å². The summed E-state index contributed by atoms with van der Waals surface area (Å²) in [7, 11) is 0. The van der Waals surface area contributed by atoms with E-state index in [0.29, 0.717) is 96.7 Å². The largest absolute Gasteiger partial charge is 0.485 e. The zero-order valence-electron chi connectivity index (χ0n) is 21.9. The molecule has 0 spiro atoms. The Morgan fingerprint density at radius 1 is 1.02 bits per heavy atom. The van der Waals surface area contributed by atoms with Crippen molar-refractivity contribution in [2.45, 2.75) is 18.5 Å². The molecule has 4 aliphatic rings. The van der Waals surface area contributed by atoms with Gasteiger partial charge >= 0.3 is 0 Å². The highest BCUT2D eigenvalue weighted by atomic mass is 16.6. The smallest absolute Gasteiger partial charge is 0.257 e. The Labute approximate surface area is 230 Å². The van der Waals surface area contributed by atoms with E-state index >= 15 is 0 Å². The zero-order chi connectivity index (χ0) is 27.1. The molecule has 1 aromatic carbocycles. The van der Waals surface area contributed by atoms with E-state index < -0.39 is 0 Å². The standard InChI is InChI=1S/C27H30N8O5/c28-11-16-12-29-24-21(16)25(30-17-3-8-37-13-17)33-27(32-24)31-20-2-1-19(22-23(20)40-10-9-39-22)26(36)35-6-4-34(5-7-35)18-14-38-15-18/h1-2,12,17-18H,3-10,13-15H2,(H3,29,30,31,32,33)/t17-/m0/s1. The summed E-state index contributed by atoms with van der Waals surface area (Å²) in [5, 5.41) is 16.9. The van der Waals surface area contributed by atoms with Crippen LogP contribution in [0.4, 0.5) is 17.5 Å². The summed E-state index contributed by atoms with van der Waals surface area (Å²) in [4.78, 5) is 30.2. The lowest BCUT2D eigenvalue weighted by Crippen LogP contribution is -2.57. The van der Waals surface area contributed by atoms with Crippen LogP contribution in [0, 0.1) is 11.3 Å². The van der Waals surface area contributed by atoms with Crippen LogP contribution in [-0.4, -0.2) is 109 Å². The van der Waals surface area contributed by atoms with Gasteiger partial charge in [0, 0.05) is 39.0 Å². The fourth-order valence-electron chi connectivity index (χ4n) is 5.54. The molecule has 40 heavy (non-hydrogen) atoms. The molecule has 7 rings (SSSR count). The molecule has 0 aliphatic carbocycles. The van der Waals surface area contributed by atoms with Crippen molar-refractivity contribution < 1.29 is 23.7 Å². The number of piperazine rings is 1. The molecule has 4 aliphatic heterocycles. The molecule has 0 bridgehead atoms. The molecule has 208 valence electrons. The number of rotatable bonds is 6. The van der Waals surface area contributed by atoms with Gasteiger partial charge in [-0.3, -0.25) is 9.69 Å². The lowest BCUT2D eigenvalue weighted by atomic mass is 10.1. The molecule has 13 heteroatoms. The van der Waals surface area contributed by atoms with Crippen molar-refractivity contribution in [2.24, 2.45) is 0 Å². The van der Waals surface area contributed by atoms with Gasteiger partial charge in [0.15, 0.2) is 11.5 Å². The van der Waals surface area contributed by atoms with Gasteiger partial charge in [-0.15, -0.1) is 0 Å². The highest BCUT2D eigenvalue weighted by molar-refractivity contribution is 5.99. The van der Waals surface area contributed by atoms with Crippen molar-refractivity contribution in [3.05, 3.63) is 29.5 Å². The van der Waals surface area contributed by atoms with E-state index in [1.165, 1.54) is 0 Å². The van der Waals surface area contributed by atoms with Crippen LogP contribution in [0.25, 0.3) is 11.0 Å². The number of carbonyl (C=O) groups is 1. The normalized spacial score (nSPS) is 21.2. The van der Waals surface area contributed by atoms with Gasteiger partial charge < -0.3 is 39.5 Å². The number of nitriles is 1. The molecule has 0 radical (unpaired) electrons. The van der Waals surface area contributed by atoms with Crippen LogP contribution in [-0.2, 0) is 9.47 Å². The number of anilines is 3. The quantitative estimate of drug-likeness (QED) is 0.415. The van der Waals surface area contributed by atoms with Crippen molar-refractivity contribution >= 4 is 34.4 Å². The molecule has 3 fully saturated rings. The second-order valence-corrected chi connectivity index (χ2v) is 10.3. The number of amides is 1. The number of nitrogens with zero attached hydrogens (tertiary/aromatic N) is 5. The van der Waals surface area contributed by atoms with E-state index in [4.69, 9.17) is 23.9 Å². The molecule has 6 heterocycles. The Bertz CT molecular complexity index is 1470. The molecular weight excluding hydrogens is 516 g/mol. The molecular formula is C27H30N8O5. The summed E-state index contributed by atoms with van der Waals surface area (Å²) >= 11 is 0. The third kappa shape index (κ3) is 4.53. The number of carbonyl (C=O) groups excluding carboxylic acids is 1. The molecule has 13 nitrogen and oxygen atoms in total. The van der Waals surface area contributed by atoms with Crippen LogP contribution < -0.4 is 20.1 Å². The minimum Gasteiger partial charge on any atom is -0.485 e. The fraction of sp³-hybridized carbons (Fsp3) is 0.481. The first-order valence-electron chi connectivity index (χ1n) is 13.6. The average molecular weight is 547 g/mol. The van der Waals surface area contributed by atoms with E-state index in [2.05, 4.69) is 31.6 Å². The van der Waals surface area contributed by atoms with Crippen molar-refractivity contribution in [1.82, 2.24) is 24.8 Å². The first kappa shape index (κ1) is 24.9. The Hall–Kier alpha value is -4.12. The van der Waals surface area contributed by atoms with E-state index in [1.807, 2.05) is 4.90 Å². The number of nitrogens with one attached hydrogen (secondary N) is 3. The number of hydrogen-bond acceptors (Lipinski definition) is 11. The maximum Gasteiger partial charge on any atom is 0.257 e. The number of H-pyrrole nitrogens is 1. The van der Waals surface area contributed by atoms with Gasteiger partial charge in [0.05, 0.1) is 54.1 Å². The van der Waals surface area contributed by atoms with E-state index in [1.54, 1.807) is 18.3 Å². The second-order valence-electron chi connectivity index (χ2n) is 10.3. The van der Waals surface area contributed by atoms with Gasteiger partial charge in [0.25, 0.3) is 5.91 Å². The lowest BCUT2D eigenvalue weighted by molar-refractivity contribution is -0.0746. The Morgan fingerprint density at radius 3 is 2.58 bits per heavy atom. The summed E-state index contributed by atoms with van der Waals surface area (Å²) in [5.74, 6) is 1.66. The monoisotopic (exact) mass is 546 g/mol. The van der Waals surface area contributed by atoms with Crippen LogP contribution in [0.5, 0.6) is 11.5 Å². The predicted molar refractivity (Wildman–Crippen MR) is 144 cm³/mol. The molecule has 0 unspecified atom stereocenters. The van der Waals surface area contributed by atoms with Crippen LogP contribution in [0.15, 0.2) is 18.3 Å². The maximum absolute atomic E-state index is 13.5. The molecule has 1 amide bonds. The van der Waals surface area contributed by atoms with Crippen molar-refractivity contribution in [3.63, 3.8) is 0 Å². The number of aromatic amines is 1. The van der Waals surface area contributed by atoms with Crippen LogP contribution in [0.3, 0.4) is 0 Å². The fourth-order valence-corrected chi connectivity index (χ4v) is 5.54. The third-order valence-electron chi connectivity index (χ3n) is 7.83. The predicted octanol–water partition coefficient (Wildman–Crippen LogP) is 1.70. The first-order valence-corrected chi connectivity index (χ1v) is 13.6. The highest BCUT2D eigenvalue weighted by Crippen LogP contribution is 2.42. The summed E-state index contributed by atoms with van der Waals surface area (Å²) < 4.78 is 22.8. The summed E-state index contributed by atoms with van der Waals surface area (Å²) in [5.41, 5.74) is 2.05. The van der Waals surface area contributed by atoms with Crippen LogP contribution >= 0.6 is 0 Å². The van der Waals surface area contributed by atoms with Gasteiger partial charge in [-0.2, -0.15) is 15.2 Å². The number of ether oxygens (including phenoxy) is 4.